The molecule has 2 N–H and O–H groups in total. The fourth-order valence-electron chi connectivity index (χ4n) is 3.99. The van der Waals surface area contributed by atoms with E-state index in [4.69, 9.17) is 14.2 Å². The number of hydrogen-bond donors (Lipinski definition) is 2. The highest BCUT2D eigenvalue weighted by atomic mass is 19.1. The quantitative estimate of drug-likeness (QED) is 0.383. The van der Waals surface area contributed by atoms with Crippen molar-refractivity contribution in [3.63, 3.8) is 0 Å². The molecule has 0 radical (unpaired) electrons. The first-order valence-corrected chi connectivity index (χ1v) is 11.9. The molecule has 1 aromatic rings. The number of anilines is 1. The normalized spacial score (nSPS) is 21.1. The van der Waals surface area contributed by atoms with Crippen molar-refractivity contribution >= 4 is 11.6 Å². The average Bonchev–Trinajstić information content (AvgIpc) is 3.52. The van der Waals surface area contributed by atoms with Gasteiger partial charge >= 0.3 is 0 Å². The molecule has 8 nitrogen and oxygen atoms in total. The predicted octanol–water partition coefficient (Wildman–Crippen LogP) is 2.44. The summed E-state index contributed by atoms with van der Waals surface area (Å²) in [4.78, 5) is 19.4. The SMILES string of the molecule is COC1CN(c2ccc(C(=O)N[C@H](CO)CC(C)C)nc2OC[C@H]2C[C@@H]2COCCCF)C1. The zero-order valence-corrected chi connectivity index (χ0v) is 20.0. The van der Waals surface area contributed by atoms with E-state index >= 15 is 0 Å². The molecule has 1 aliphatic carbocycles. The van der Waals surface area contributed by atoms with Gasteiger partial charge in [0.25, 0.3) is 5.91 Å². The number of methoxy groups -OCH3 is 1. The van der Waals surface area contributed by atoms with Gasteiger partial charge in [-0.2, -0.15) is 0 Å². The Morgan fingerprint density at radius 3 is 2.73 bits per heavy atom. The van der Waals surface area contributed by atoms with E-state index in [1.54, 1.807) is 13.2 Å². The van der Waals surface area contributed by atoms with Gasteiger partial charge in [0.15, 0.2) is 0 Å². The predicted molar refractivity (Wildman–Crippen MR) is 124 cm³/mol. The number of carbonyl (C=O) groups excluding carboxylic acids is 1. The third-order valence-corrected chi connectivity index (χ3v) is 6.16. The lowest BCUT2D eigenvalue weighted by Gasteiger charge is -2.40. The lowest BCUT2D eigenvalue weighted by Crippen LogP contribution is -2.52. The first-order chi connectivity index (χ1) is 15.9. The van der Waals surface area contributed by atoms with Crippen LogP contribution in [0.5, 0.6) is 5.88 Å². The molecule has 3 rings (SSSR count). The van der Waals surface area contributed by atoms with Crippen LogP contribution in [0, 0.1) is 17.8 Å². The summed E-state index contributed by atoms with van der Waals surface area (Å²) in [5.74, 6) is 1.25. The Morgan fingerprint density at radius 1 is 1.30 bits per heavy atom. The number of aliphatic hydroxyl groups excluding tert-OH is 1. The van der Waals surface area contributed by atoms with Crippen molar-refractivity contribution in [3.05, 3.63) is 17.8 Å². The standard InChI is InChI=1S/C24H38FN3O5/c1-16(2)9-19(13-29)26-23(30)21-5-6-22(28-11-20(12-28)31-3)24(27-21)33-15-18-10-17(18)14-32-8-4-7-25/h5-6,16-20,29H,4,7-15H2,1-3H3,(H,26,30)/t17-,18-,19+/m1/s1. The Morgan fingerprint density at radius 2 is 2.06 bits per heavy atom. The number of amides is 1. The number of ether oxygens (including phenoxy) is 3. The zero-order valence-electron chi connectivity index (χ0n) is 20.0. The molecule has 3 atom stereocenters. The van der Waals surface area contributed by atoms with Gasteiger partial charge in [-0.25, -0.2) is 4.98 Å². The summed E-state index contributed by atoms with van der Waals surface area (Å²) >= 11 is 0. The minimum absolute atomic E-state index is 0.117. The summed E-state index contributed by atoms with van der Waals surface area (Å²) in [6.07, 6.45) is 2.31. The molecule has 1 saturated heterocycles. The topological polar surface area (TPSA) is 93.2 Å². The van der Waals surface area contributed by atoms with Crippen molar-refractivity contribution in [1.82, 2.24) is 10.3 Å². The van der Waals surface area contributed by atoms with Crippen molar-refractivity contribution in [3.8, 4) is 5.88 Å². The molecule has 1 aromatic heterocycles. The number of alkyl halides is 1. The van der Waals surface area contributed by atoms with Gasteiger partial charge < -0.3 is 29.5 Å². The number of aromatic nitrogens is 1. The monoisotopic (exact) mass is 467 g/mol. The second-order valence-corrected chi connectivity index (χ2v) is 9.45. The smallest absolute Gasteiger partial charge is 0.270 e. The van der Waals surface area contributed by atoms with Gasteiger partial charge in [-0.1, -0.05) is 13.8 Å². The third-order valence-electron chi connectivity index (χ3n) is 6.16. The molecule has 1 aliphatic heterocycles. The second-order valence-electron chi connectivity index (χ2n) is 9.45. The highest BCUT2D eigenvalue weighted by Gasteiger charge is 2.38. The molecule has 0 aromatic carbocycles. The highest BCUT2D eigenvalue weighted by molar-refractivity contribution is 5.93. The van der Waals surface area contributed by atoms with Gasteiger partial charge in [-0.15, -0.1) is 0 Å². The number of nitrogens with zero attached hydrogens (tertiary/aromatic N) is 2. The number of aliphatic hydroxyl groups is 1. The van der Waals surface area contributed by atoms with E-state index in [1.807, 2.05) is 19.9 Å². The number of pyridine rings is 1. The summed E-state index contributed by atoms with van der Waals surface area (Å²) in [5, 5.41) is 12.5. The van der Waals surface area contributed by atoms with E-state index in [0.717, 1.165) is 25.2 Å². The Labute approximate surface area is 195 Å². The van der Waals surface area contributed by atoms with Gasteiger partial charge in [-0.3, -0.25) is 9.18 Å². The molecule has 33 heavy (non-hydrogen) atoms. The summed E-state index contributed by atoms with van der Waals surface area (Å²) < 4.78 is 29.2. The molecule has 1 amide bonds. The number of rotatable bonds is 15. The second kappa shape index (κ2) is 12.5. The van der Waals surface area contributed by atoms with Crippen LogP contribution >= 0.6 is 0 Å². The largest absolute Gasteiger partial charge is 0.476 e. The van der Waals surface area contributed by atoms with Gasteiger partial charge in [0, 0.05) is 33.4 Å². The maximum atomic E-state index is 12.8. The summed E-state index contributed by atoms with van der Waals surface area (Å²) in [5.41, 5.74) is 1.11. The molecule has 2 fully saturated rings. The van der Waals surface area contributed by atoms with Crippen LogP contribution in [0.2, 0.25) is 0 Å². The van der Waals surface area contributed by atoms with Crippen LogP contribution in [0.25, 0.3) is 0 Å². The first kappa shape index (κ1) is 25.6. The van der Waals surface area contributed by atoms with Crippen molar-refractivity contribution in [2.45, 2.75) is 45.3 Å². The van der Waals surface area contributed by atoms with Crippen LogP contribution in [0.3, 0.4) is 0 Å². The number of carbonyl (C=O) groups is 1. The fraction of sp³-hybridized carbons (Fsp3) is 0.750. The summed E-state index contributed by atoms with van der Waals surface area (Å²) in [6.45, 7) is 6.68. The molecular formula is C24H38FN3O5. The van der Waals surface area contributed by atoms with Gasteiger partial charge in [-0.05, 0) is 49.1 Å². The fourth-order valence-corrected chi connectivity index (χ4v) is 3.99. The molecule has 2 aliphatic rings. The Balaban J connectivity index is 1.61. The first-order valence-electron chi connectivity index (χ1n) is 11.9. The minimum Gasteiger partial charge on any atom is -0.476 e. The van der Waals surface area contributed by atoms with E-state index in [0.29, 0.717) is 56.3 Å². The molecule has 0 bridgehead atoms. The minimum atomic E-state index is -0.355. The zero-order chi connectivity index (χ0) is 23.8. The van der Waals surface area contributed by atoms with Crippen LogP contribution in [-0.2, 0) is 9.47 Å². The number of nitrogens with one attached hydrogen (secondary N) is 1. The highest BCUT2D eigenvalue weighted by Crippen LogP contribution is 2.40. The van der Waals surface area contributed by atoms with Crippen molar-refractivity contribution in [2.24, 2.45) is 17.8 Å². The Kier molecular flexibility index (Phi) is 9.70. The van der Waals surface area contributed by atoms with Crippen LogP contribution in [-0.4, -0.2) is 81.4 Å². The Hall–Kier alpha value is -1.97. The van der Waals surface area contributed by atoms with E-state index in [1.165, 1.54) is 0 Å². The molecular weight excluding hydrogens is 429 g/mol. The molecule has 9 heteroatoms. The molecule has 1 saturated carbocycles. The maximum Gasteiger partial charge on any atom is 0.270 e. The molecule has 0 unspecified atom stereocenters. The average molecular weight is 468 g/mol. The lowest BCUT2D eigenvalue weighted by molar-refractivity contribution is 0.0781. The lowest BCUT2D eigenvalue weighted by atomic mass is 10.0. The van der Waals surface area contributed by atoms with Crippen molar-refractivity contribution in [1.29, 1.82) is 0 Å². The van der Waals surface area contributed by atoms with Gasteiger partial charge in [0.05, 0.1) is 32.0 Å². The molecule has 2 heterocycles. The molecule has 186 valence electrons. The van der Waals surface area contributed by atoms with E-state index in [-0.39, 0.29) is 37.0 Å². The van der Waals surface area contributed by atoms with Crippen LogP contribution in [0.4, 0.5) is 10.1 Å². The summed E-state index contributed by atoms with van der Waals surface area (Å²) in [6, 6.07) is 3.25. The van der Waals surface area contributed by atoms with Gasteiger partial charge in [0.1, 0.15) is 11.4 Å². The maximum absolute atomic E-state index is 12.8. The van der Waals surface area contributed by atoms with E-state index in [9.17, 15) is 14.3 Å². The van der Waals surface area contributed by atoms with Crippen molar-refractivity contribution < 1.29 is 28.5 Å². The summed E-state index contributed by atoms with van der Waals surface area (Å²) in [7, 11) is 1.70. The van der Waals surface area contributed by atoms with E-state index in [2.05, 4.69) is 15.2 Å². The van der Waals surface area contributed by atoms with Crippen LogP contribution in [0.15, 0.2) is 12.1 Å². The van der Waals surface area contributed by atoms with Gasteiger partial charge in [0.2, 0.25) is 5.88 Å². The Bertz CT molecular complexity index is 760. The number of halogens is 1. The van der Waals surface area contributed by atoms with Crippen LogP contribution in [0.1, 0.15) is 43.6 Å². The molecule has 0 spiro atoms. The van der Waals surface area contributed by atoms with Crippen molar-refractivity contribution in [2.75, 3.05) is 58.2 Å². The van der Waals surface area contributed by atoms with Crippen LogP contribution < -0.4 is 15.0 Å². The number of hydrogen-bond acceptors (Lipinski definition) is 7. The third kappa shape index (κ3) is 7.52. The van der Waals surface area contributed by atoms with E-state index < -0.39 is 0 Å².